The SMILES string of the molecule is CC(C)(C)CC(=O)C1(OCC2(C[NH-])C=CC=CC2)C=CC=C(O)C1C(F)(F)F. The number of halogens is 3. The molecule has 2 aliphatic carbocycles. The number of alkyl halides is 3. The molecule has 0 amide bonds. The van der Waals surface area contributed by atoms with Gasteiger partial charge in [0.05, 0.1) is 6.61 Å². The van der Waals surface area contributed by atoms with Crippen LogP contribution >= 0.6 is 0 Å². The number of hydrogen-bond donors (Lipinski definition) is 1. The lowest BCUT2D eigenvalue weighted by molar-refractivity contribution is -0.225. The van der Waals surface area contributed by atoms with Crippen molar-refractivity contribution < 1.29 is 27.8 Å². The van der Waals surface area contributed by atoms with E-state index in [1.807, 2.05) is 6.08 Å². The number of ketones is 1. The minimum atomic E-state index is -4.88. The van der Waals surface area contributed by atoms with Crippen LogP contribution in [-0.4, -0.2) is 35.8 Å². The van der Waals surface area contributed by atoms with Gasteiger partial charge in [0.15, 0.2) is 17.3 Å². The Kier molecular flexibility index (Phi) is 6.31. The van der Waals surface area contributed by atoms with Crippen LogP contribution in [0.15, 0.2) is 48.3 Å². The van der Waals surface area contributed by atoms with E-state index in [1.54, 1.807) is 39.0 Å². The molecule has 2 rings (SSSR count). The minimum Gasteiger partial charge on any atom is -0.677 e. The average Bonchev–Trinajstić information content (AvgIpc) is 2.58. The maximum Gasteiger partial charge on any atom is 0.402 e. The highest BCUT2D eigenvalue weighted by Crippen LogP contribution is 2.46. The lowest BCUT2D eigenvalue weighted by Crippen LogP contribution is -2.56. The van der Waals surface area contributed by atoms with Crippen LogP contribution in [-0.2, 0) is 9.53 Å². The minimum absolute atomic E-state index is 0.0976. The summed E-state index contributed by atoms with van der Waals surface area (Å²) in [5.74, 6) is -4.17. The maximum atomic E-state index is 13.9. The quantitative estimate of drug-likeness (QED) is 0.643. The van der Waals surface area contributed by atoms with E-state index < -0.39 is 40.1 Å². The van der Waals surface area contributed by atoms with Gasteiger partial charge in [-0.15, -0.1) is 6.54 Å². The van der Waals surface area contributed by atoms with Crippen molar-refractivity contribution in [2.45, 2.75) is 45.4 Å². The van der Waals surface area contributed by atoms with Gasteiger partial charge in [0.1, 0.15) is 5.76 Å². The Bertz CT molecular complexity index is 715. The number of allylic oxidation sites excluding steroid dienone is 5. The summed E-state index contributed by atoms with van der Waals surface area (Å²) in [7, 11) is 0. The molecule has 0 saturated heterocycles. The first-order chi connectivity index (χ1) is 12.9. The van der Waals surface area contributed by atoms with Crippen LogP contribution < -0.4 is 0 Å². The molecule has 0 aliphatic heterocycles. The van der Waals surface area contributed by atoms with Gasteiger partial charge in [0.25, 0.3) is 0 Å². The van der Waals surface area contributed by atoms with Gasteiger partial charge in [0, 0.05) is 6.42 Å². The molecule has 4 nitrogen and oxygen atoms in total. The molecule has 0 saturated carbocycles. The van der Waals surface area contributed by atoms with Gasteiger partial charge in [-0.25, -0.2) is 0 Å². The number of aliphatic hydroxyl groups is 1. The van der Waals surface area contributed by atoms with Crippen LogP contribution in [0, 0.1) is 16.7 Å². The van der Waals surface area contributed by atoms with Crippen molar-refractivity contribution in [1.82, 2.24) is 0 Å². The van der Waals surface area contributed by atoms with Crippen molar-refractivity contribution in [3.63, 3.8) is 0 Å². The highest BCUT2D eigenvalue weighted by molar-refractivity contribution is 5.91. The molecule has 7 heteroatoms. The summed E-state index contributed by atoms with van der Waals surface area (Å²) in [5.41, 5.74) is 4.10. The van der Waals surface area contributed by atoms with E-state index in [2.05, 4.69) is 0 Å². The second-order valence-electron chi connectivity index (χ2n) is 8.70. The van der Waals surface area contributed by atoms with Gasteiger partial charge >= 0.3 is 6.18 Å². The first-order valence-corrected chi connectivity index (χ1v) is 9.17. The Morgan fingerprint density at radius 3 is 2.43 bits per heavy atom. The summed E-state index contributed by atoms with van der Waals surface area (Å²) >= 11 is 0. The molecule has 0 spiro atoms. The Labute approximate surface area is 163 Å². The normalized spacial score (nSPS) is 30.4. The van der Waals surface area contributed by atoms with E-state index >= 15 is 0 Å². The molecular weight excluding hydrogens is 371 g/mol. The van der Waals surface area contributed by atoms with Gasteiger partial charge in [-0.1, -0.05) is 51.2 Å². The molecule has 3 atom stereocenters. The van der Waals surface area contributed by atoms with Crippen molar-refractivity contribution >= 4 is 5.78 Å². The maximum absolute atomic E-state index is 13.9. The summed E-state index contributed by atoms with van der Waals surface area (Å²) in [6.07, 6.45) is 5.72. The van der Waals surface area contributed by atoms with E-state index in [4.69, 9.17) is 10.5 Å². The summed E-state index contributed by atoms with van der Waals surface area (Å²) in [6, 6.07) is 0. The summed E-state index contributed by atoms with van der Waals surface area (Å²) in [5, 5.41) is 10.0. The van der Waals surface area contributed by atoms with Gasteiger partial charge in [-0.2, -0.15) is 13.2 Å². The third-order valence-electron chi connectivity index (χ3n) is 4.96. The number of carbonyl (C=O) groups excluding carboxylic acids is 1. The molecule has 0 aromatic heterocycles. The number of ether oxygens (including phenoxy) is 1. The first-order valence-electron chi connectivity index (χ1n) is 9.17. The van der Waals surface area contributed by atoms with Crippen molar-refractivity contribution in [2.24, 2.45) is 16.7 Å². The summed E-state index contributed by atoms with van der Waals surface area (Å²) in [6.45, 7) is 4.92. The smallest absolute Gasteiger partial charge is 0.402 e. The molecule has 2 N–H and O–H groups in total. The molecule has 2 aliphatic rings. The monoisotopic (exact) mass is 398 g/mol. The number of nitrogens with one attached hydrogen (secondary N) is 1. The van der Waals surface area contributed by atoms with Gasteiger partial charge in [0.2, 0.25) is 0 Å². The molecule has 156 valence electrons. The number of aliphatic hydroxyl groups excluding tert-OH is 1. The second-order valence-corrected chi connectivity index (χ2v) is 8.70. The molecule has 0 aromatic rings. The first kappa shape index (κ1) is 22.4. The van der Waals surface area contributed by atoms with Gasteiger partial charge in [-0.05, 0) is 29.4 Å². The van der Waals surface area contributed by atoms with E-state index in [1.165, 1.54) is 6.08 Å². The van der Waals surface area contributed by atoms with E-state index in [0.717, 1.165) is 12.2 Å². The van der Waals surface area contributed by atoms with Gasteiger partial charge in [-0.3, -0.25) is 4.79 Å². The van der Waals surface area contributed by atoms with Crippen molar-refractivity contribution in [3.8, 4) is 0 Å². The lowest BCUT2D eigenvalue weighted by Gasteiger charge is -2.43. The average molecular weight is 398 g/mol. The summed E-state index contributed by atoms with van der Waals surface area (Å²) < 4.78 is 47.4. The van der Waals surface area contributed by atoms with E-state index in [-0.39, 0.29) is 19.6 Å². The topological polar surface area (TPSA) is 70.3 Å². The molecule has 0 radical (unpaired) electrons. The fourth-order valence-corrected chi connectivity index (χ4v) is 3.46. The number of Topliss-reactive ketones (excluding diaryl/α,β-unsaturated/α-hetero) is 1. The third kappa shape index (κ3) is 4.75. The lowest BCUT2D eigenvalue weighted by atomic mass is 9.73. The van der Waals surface area contributed by atoms with Crippen molar-refractivity contribution in [1.29, 1.82) is 0 Å². The van der Waals surface area contributed by atoms with Crippen LogP contribution in [0.1, 0.15) is 33.6 Å². The van der Waals surface area contributed by atoms with Crippen LogP contribution in [0.5, 0.6) is 0 Å². The second kappa shape index (κ2) is 7.87. The number of carbonyl (C=O) groups is 1. The predicted molar refractivity (Wildman–Crippen MR) is 102 cm³/mol. The highest BCUT2D eigenvalue weighted by atomic mass is 19.4. The predicted octanol–water partition coefficient (Wildman–Crippen LogP) is 5.49. The molecule has 0 aromatic carbocycles. The molecular formula is C21H27F3NO3-. The largest absolute Gasteiger partial charge is 0.677 e. The van der Waals surface area contributed by atoms with Crippen LogP contribution in [0.2, 0.25) is 0 Å². The zero-order valence-corrected chi connectivity index (χ0v) is 16.3. The Hall–Kier alpha value is -1.86. The Morgan fingerprint density at radius 2 is 1.93 bits per heavy atom. The molecule has 0 bridgehead atoms. The molecule has 0 heterocycles. The van der Waals surface area contributed by atoms with E-state index in [0.29, 0.717) is 6.42 Å². The standard InChI is InChI=1S/C21H27F3NO3/c1-18(2,3)12-16(27)20(11-7-8-15(26)17(20)21(22,23)24)28-14-19(13-25)9-5-4-6-10-19/h4-9,11,17,25-26H,10,12-14H2,1-3H3/q-1. The molecule has 28 heavy (non-hydrogen) atoms. The van der Waals surface area contributed by atoms with Crippen molar-refractivity contribution in [3.05, 3.63) is 54.0 Å². The van der Waals surface area contributed by atoms with Gasteiger partial charge < -0.3 is 15.6 Å². The Balaban J connectivity index is 2.46. The fraction of sp³-hybridized carbons (Fsp3) is 0.571. The summed E-state index contributed by atoms with van der Waals surface area (Å²) in [4.78, 5) is 13.1. The zero-order chi connectivity index (χ0) is 21.2. The van der Waals surface area contributed by atoms with E-state index in [9.17, 15) is 23.1 Å². The van der Waals surface area contributed by atoms with Crippen LogP contribution in [0.3, 0.4) is 0 Å². The molecule has 3 unspecified atom stereocenters. The number of rotatable bonds is 6. The highest BCUT2D eigenvalue weighted by Gasteiger charge is 2.60. The van der Waals surface area contributed by atoms with Crippen LogP contribution in [0.4, 0.5) is 13.2 Å². The molecule has 0 fully saturated rings. The van der Waals surface area contributed by atoms with Crippen LogP contribution in [0.25, 0.3) is 5.73 Å². The van der Waals surface area contributed by atoms with Crippen molar-refractivity contribution in [2.75, 3.05) is 13.2 Å². The number of hydrogen-bond acceptors (Lipinski definition) is 3. The third-order valence-corrected chi connectivity index (χ3v) is 4.96. The Morgan fingerprint density at radius 1 is 1.25 bits per heavy atom. The zero-order valence-electron chi connectivity index (χ0n) is 16.3. The fourth-order valence-electron chi connectivity index (χ4n) is 3.46.